The van der Waals surface area contributed by atoms with E-state index in [2.05, 4.69) is 9.98 Å². The highest BCUT2D eigenvalue weighted by atomic mass is 32.2. The Bertz CT molecular complexity index is 747. The van der Waals surface area contributed by atoms with Gasteiger partial charge in [0, 0.05) is 18.0 Å². The van der Waals surface area contributed by atoms with Crippen LogP contribution in [0, 0.1) is 12.3 Å². The van der Waals surface area contributed by atoms with Gasteiger partial charge in [-0.3, -0.25) is 14.6 Å². The number of rotatable bonds is 2. The van der Waals surface area contributed by atoms with Crippen LogP contribution in [0.4, 0.5) is 0 Å². The Balaban J connectivity index is 2.25. The predicted molar refractivity (Wildman–Crippen MR) is 81.0 cm³/mol. The number of aromatic nitrogens is 2. The number of hydrogen-bond acceptors (Lipinski definition) is 4. The van der Waals surface area contributed by atoms with E-state index >= 15 is 0 Å². The van der Waals surface area contributed by atoms with E-state index in [-0.39, 0.29) is 16.7 Å². The van der Waals surface area contributed by atoms with Gasteiger partial charge in [-0.2, -0.15) is 4.99 Å². The van der Waals surface area contributed by atoms with Crippen molar-refractivity contribution in [1.29, 1.82) is 5.41 Å². The highest BCUT2D eigenvalue weighted by Crippen LogP contribution is 2.12. The third-order valence-electron chi connectivity index (χ3n) is 2.46. The number of amidine groups is 1. The Labute approximate surface area is 119 Å². The molecule has 0 saturated carbocycles. The Morgan fingerprint density at radius 1 is 1.50 bits per heavy atom. The highest BCUT2D eigenvalue weighted by molar-refractivity contribution is 8.13. The van der Waals surface area contributed by atoms with Gasteiger partial charge >= 0.3 is 0 Å². The second kappa shape index (κ2) is 5.74. The lowest BCUT2D eigenvalue weighted by molar-refractivity contribution is 1.01. The summed E-state index contributed by atoms with van der Waals surface area (Å²) >= 11 is 1.10. The summed E-state index contributed by atoms with van der Waals surface area (Å²) in [5.41, 5.74) is 12.4. The van der Waals surface area contributed by atoms with Crippen LogP contribution >= 0.6 is 11.8 Å². The molecule has 0 aliphatic carbocycles. The molecule has 0 amide bonds. The minimum Gasteiger partial charge on any atom is -0.370 e. The first-order chi connectivity index (χ1) is 9.45. The standard InChI is InChI=1S/C12H14N6OS/c1-7-2-3-18-9(4-7)16-8(5-10(18)19)6-20-12(15)17-11(13)14/h2-5H,6H2,1H3,(H5,13,14,15,17). The average Bonchev–Trinajstić information content (AvgIpc) is 2.35. The smallest absolute Gasteiger partial charge is 0.258 e. The molecule has 0 saturated heterocycles. The normalized spacial score (nSPS) is 10.4. The SMILES string of the molecule is Cc1ccn2c(=O)cc(CSC(=N)N=C(N)N)nc2c1. The third kappa shape index (κ3) is 3.35. The molecule has 0 unspecified atom stereocenters. The van der Waals surface area contributed by atoms with E-state index in [1.165, 1.54) is 10.5 Å². The molecule has 2 aromatic heterocycles. The van der Waals surface area contributed by atoms with Gasteiger partial charge in [0.1, 0.15) is 5.65 Å². The maximum absolute atomic E-state index is 11.9. The lowest BCUT2D eigenvalue weighted by atomic mass is 10.3. The van der Waals surface area contributed by atoms with E-state index in [1.54, 1.807) is 6.20 Å². The second-order valence-electron chi connectivity index (χ2n) is 4.15. The van der Waals surface area contributed by atoms with Crippen molar-refractivity contribution in [2.75, 3.05) is 0 Å². The van der Waals surface area contributed by atoms with E-state index < -0.39 is 0 Å². The number of nitrogens with two attached hydrogens (primary N) is 2. The van der Waals surface area contributed by atoms with E-state index in [9.17, 15) is 4.79 Å². The molecule has 0 bridgehead atoms. The number of fused-ring (bicyclic) bond motifs is 1. The first kappa shape index (κ1) is 14.1. The van der Waals surface area contributed by atoms with Crippen LogP contribution in [0.1, 0.15) is 11.3 Å². The minimum absolute atomic E-state index is 0.0174. The van der Waals surface area contributed by atoms with Gasteiger partial charge in [0.05, 0.1) is 5.69 Å². The van der Waals surface area contributed by atoms with Crippen LogP contribution in [0.15, 0.2) is 34.2 Å². The number of aliphatic imine (C=N–C) groups is 1. The number of pyridine rings is 1. The summed E-state index contributed by atoms with van der Waals surface area (Å²) in [6.07, 6.45) is 1.69. The molecule has 0 aliphatic rings. The van der Waals surface area contributed by atoms with Crippen molar-refractivity contribution in [3.8, 4) is 0 Å². The van der Waals surface area contributed by atoms with Gasteiger partial charge in [0.15, 0.2) is 11.1 Å². The summed E-state index contributed by atoms with van der Waals surface area (Å²) in [5.74, 6) is 0.194. The zero-order chi connectivity index (χ0) is 14.7. The van der Waals surface area contributed by atoms with Crippen molar-refractivity contribution in [2.45, 2.75) is 12.7 Å². The van der Waals surface area contributed by atoms with Crippen LogP contribution in [-0.2, 0) is 5.75 Å². The fourth-order valence-corrected chi connectivity index (χ4v) is 2.22. The van der Waals surface area contributed by atoms with Gasteiger partial charge in [0.25, 0.3) is 5.56 Å². The lowest BCUT2D eigenvalue weighted by Gasteiger charge is -2.04. The van der Waals surface area contributed by atoms with Gasteiger partial charge < -0.3 is 11.5 Å². The summed E-state index contributed by atoms with van der Waals surface area (Å²) in [5, 5.41) is 7.51. The number of thioether (sulfide) groups is 1. The first-order valence-corrected chi connectivity index (χ1v) is 6.74. The van der Waals surface area contributed by atoms with Crippen molar-refractivity contribution in [1.82, 2.24) is 9.38 Å². The number of nitrogens with one attached hydrogen (secondary N) is 1. The molecule has 0 aromatic carbocycles. The highest BCUT2D eigenvalue weighted by Gasteiger charge is 2.04. The Kier molecular flexibility index (Phi) is 4.04. The molecule has 0 radical (unpaired) electrons. The Morgan fingerprint density at radius 2 is 2.25 bits per heavy atom. The minimum atomic E-state index is -0.162. The maximum Gasteiger partial charge on any atom is 0.258 e. The summed E-state index contributed by atoms with van der Waals surface area (Å²) in [4.78, 5) is 19.9. The molecular formula is C12H14N6OS. The number of nitrogens with zero attached hydrogens (tertiary/aromatic N) is 3. The molecule has 2 aromatic rings. The fourth-order valence-electron chi connectivity index (χ4n) is 1.62. The van der Waals surface area contributed by atoms with E-state index in [0.717, 1.165) is 17.3 Å². The molecule has 0 spiro atoms. The number of hydrogen-bond donors (Lipinski definition) is 3. The van der Waals surface area contributed by atoms with Crippen molar-refractivity contribution in [2.24, 2.45) is 16.5 Å². The van der Waals surface area contributed by atoms with Gasteiger partial charge in [-0.05, 0) is 24.6 Å². The molecule has 5 N–H and O–H groups in total. The maximum atomic E-state index is 11.9. The van der Waals surface area contributed by atoms with Gasteiger partial charge in [-0.15, -0.1) is 0 Å². The summed E-state index contributed by atoms with van der Waals surface area (Å²) < 4.78 is 1.47. The van der Waals surface area contributed by atoms with Gasteiger partial charge in [-0.1, -0.05) is 11.8 Å². The van der Waals surface area contributed by atoms with Crippen molar-refractivity contribution in [3.05, 3.63) is 46.0 Å². The van der Waals surface area contributed by atoms with E-state index in [4.69, 9.17) is 16.9 Å². The van der Waals surface area contributed by atoms with Crippen LogP contribution in [0.25, 0.3) is 5.65 Å². The monoisotopic (exact) mass is 290 g/mol. The second-order valence-corrected chi connectivity index (χ2v) is 5.11. The molecule has 104 valence electrons. The fraction of sp³-hybridized carbons (Fsp3) is 0.167. The predicted octanol–water partition coefficient (Wildman–Crippen LogP) is 0.444. The largest absolute Gasteiger partial charge is 0.370 e. The first-order valence-electron chi connectivity index (χ1n) is 5.75. The molecule has 2 rings (SSSR count). The molecule has 0 aliphatic heterocycles. The van der Waals surface area contributed by atoms with Crippen LogP contribution in [0.5, 0.6) is 0 Å². The van der Waals surface area contributed by atoms with Crippen LogP contribution in [0.3, 0.4) is 0 Å². The Morgan fingerprint density at radius 3 is 2.95 bits per heavy atom. The molecule has 7 nitrogen and oxygen atoms in total. The van der Waals surface area contributed by atoms with Gasteiger partial charge in [-0.25, -0.2) is 4.98 Å². The topological polar surface area (TPSA) is 123 Å². The molecule has 20 heavy (non-hydrogen) atoms. The zero-order valence-electron chi connectivity index (χ0n) is 10.8. The van der Waals surface area contributed by atoms with Crippen LogP contribution < -0.4 is 17.0 Å². The van der Waals surface area contributed by atoms with E-state index in [0.29, 0.717) is 17.1 Å². The third-order valence-corrected chi connectivity index (χ3v) is 3.27. The van der Waals surface area contributed by atoms with Crippen molar-refractivity contribution < 1.29 is 0 Å². The number of guanidine groups is 1. The van der Waals surface area contributed by atoms with Crippen molar-refractivity contribution >= 4 is 28.5 Å². The molecule has 0 atom stereocenters. The quantitative estimate of drug-likeness (QED) is 0.547. The van der Waals surface area contributed by atoms with Gasteiger partial charge in [0.2, 0.25) is 0 Å². The molecular weight excluding hydrogens is 276 g/mol. The number of aryl methyl sites for hydroxylation is 1. The summed E-state index contributed by atoms with van der Waals surface area (Å²) in [7, 11) is 0. The zero-order valence-corrected chi connectivity index (χ0v) is 11.6. The molecule has 0 fully saturated rings. The summed E-state index contributed by atoms with van der Waals surface area (Å²) in [6, 6.07) is 5.12. The lowest BCUT2D eigenvalue weighted by Crippen LogP contribution is -2.23. The van der Waals surface area contributed by atoms with E-state index in [1.807, 2.05) is 19.1 Å². The van der Waals surface area contributed by atoms with Crippen molar-refractivity contribution in [3.63, 3.8) is 0 Å². The average molecular weight is 290 g/mol. The molecule has 8 heteroatoms. The molecule has 2 heterocycles. The Hall–Kier alpha value is -2.35. The van der Waals surface area contributed by atoms with Crippen LogP contribution in [0.2, 0.25) is 0 Å². The summed E-state index contributed by atoms with van der Waals surface area (Å²) in [6.45, 7) is 1.93. The van der Waals surface area contributed by atoms with Crippen LogP contribution in [-0.4, -0.2) is 20.5 Å².